The topological polar surface area (TPSA) is 72.8 Å². The first-order valence-corrected chi connectivity index (χ1v) is 9.90. The van der Waals surface area contributed by atoms with Crippen molar-refractivity contribution in [2.75, 3.05) is 6.61 Å². The summed E-state index contributed by atoms with van der Waals surface area (Å²) in [4.78, 5) is 43.2. The molecule has 0 aromatic heterocycles. The summed E-state index contributed by atoms with van der Waals surface area (Å²) in [5.74, 6) is -1.06. The van der Waals surface area contributed by atoms with Crippen molar-refractivity contribution < 1.29 is 19.2 Å². The number of ketones is 3. The van der Waals surface area contributed by atoms with Crippen molar-refractivity contribution in [3.63, 3.8) is 0 Å². The van der Waals surface area contributed by atoms with Crippen LogP contribution in [0.1, 0.15) is 71.1 Å². The fraction of sp³-hybridized carbons (Fsp3) is 0.478. The van der Waals surface area contributed by atoms with Gasteiger partial charge in [-0.3, -0.25) is 14.4 Å². The van der Waals surface area contributed by atoms with Gasteiger partial charge in [0, 0.05) is 24.8 Å². The molecule has 1 aromatic rings. The van der Waals surface area contributed by atoms with Crippen molar-refractivity contribution in [3.05, 3.63) is 46.5 Å². The van der Waals surface area contributed by atoms with Gasteiger partial charge in [-0.05, 0) is 54.9 Å². The third-order valence-electron chi connectivity index (χ3n) is 5.83. The number of aryl methyl sites for hydroxylation is 2. The van der Waals surface area contributed by atoms with Gasteiger partial charge in [0.1, 0.15) is 24.1 Å². The van der Waals surface area contributed by atoms with Gasteiger partial charge in [-0.15, -0.1) is 0 Å². The van der Waals surface area contributed by atoms with Gasteiger partial charge in [0.25, 0.3) is 0 Å². The minimum absolute atomic E-state index is 0.116. The van der Waals surface area contributed by atoms with E-state index in [1.54, 1.807) is 6.08 Å². The molecule has 0 unspecified atom stereocenters. The molecule has 0 saturated heterocycles. The number of oxime groups is 1. The molecule has 2 aliphatic rings. The number of benzene rings is 1. The van der Waals surface area contributed by atoms with Gasteiger partial charge in [-0.2, -0.15) is 0 Å². The van der Waals surface area contributed by atoms with Crippen LogP contribution in [-0.4, -0.2) is 29.7 Å². The Balaban J connectivity index is 1.89. The molecule has 0 atom stereocenters. The summed E-state index contributed by atoms with van der Waals surface area (Å²) >= 11 is 0. The second kappa shape index (κ2) is 8.21. The third-order valence-corrected chi connectivity index (χ3v) is 5.83. The van der Waals surface area contributed by atoms with Crippen LogP contribution in [0.15, 0.2) is 23.9 Å². The Kier molecular flexibility index (Phi) is 5.92. The van der Waals surface area contributed by atoms with E-state index in [9.17, 15) is 14.4 Å². The fourth-order valence-corrected chi connectivity index (χ4v) is 4.71. The monoisotopic (exact) mass is 381 g/mol. The van der Waals surface area contributed by atoms with E-state index >= 15 is 0 Å². The van der Waals surface area contributed by atoms with Gasteiger partial charge in [0.2, 0.25) is 0 Å². The highest BCUT2D eigenvalue weighted by atomic mass is 16.6. The number of hydrogen-bond donors (Lipinski definition) is 0. The lowest BCUT2D eigenvalue weighted by Crippen LogP contribution is -2.38. The highest BCUT2D eigenvalue weighted by Crippen LogP contribution is 2.39. The minimum atomic E-state index is -0.817. The Labute approximate surface area is 165 Å². The lowest BCUT2D eigenvalue weighted by molar-refractivity contribution is -0.133. The summed E-state index contributed by atoms with van der Waals surface area (Å²) in [5, 5.41) is 4.01. The van der Waals surface area contributed by atoms with Gasteiger partial charge in [0.15, 0.2) is 5.78 Å². The molecule has 5 nitrogen and oxygen atoms in total. The van der Waals surface area contributed by atoms with Crippen LogP contribution in [0.3, 0.4) is 0 Å². The van der Waals surface area contributed by atoms with E-state index in [1.807, 2.05) is 20.8 Å². The van der Waals surface area contributed by atoms with Gasteiger partial charge in [0.05, 0.1) is 5.71 Å². The third kappa shape index (κ3) is 3.58. The Morgan fingerprint density at radius 3 is 2.50 bits per heavy atom. The van der Waals surface area contributed by atoms with Crippen molar-refractivity contribution in [1.82, 2.24) is 0 Å². The normalized spacial score (nSPS) is 22.4. The maximum Gasteiger partial charge on any atom is 0.163 e. The highest BCUT2D eigenvalue weighted by molar-refractivity contribution is 6.22. The van der Waals surface area contributed by atoms with E-state index < -0.39 is 5.92 Å². The quantitative estimate of drug-likeness (QED) is 0.245. The molecule has 1 fully saturated rings. The molecule has 0 spiro atoms. The van der Waals surface area contributed by atoms with E-state index in [0.717, 1.165) is 34.2 Å². The van der Waals surface area contributed by atoms with Crippen LogP contribution in [0, 0.1) is 19.8 Å². The molecule has 148 valence electrons. The largest absolute Gasteiger partial charge is 0.392 e. The van der Waals surface area contributed by atoms with E-state index in [2.05, 4.69) is 17.8 Å². The molecule has 28 heavy (non-hydrogen) atoms. The molecule has 1 saturated carbocycles. The Hall–Kier alpha value is -2.56. The number of carbonyl (C=O) groups excluding carboxylic acids is 3. The first kappa shape index (κ1) is 20.2. The number of fused-ring (bicyclic) bond motifs is 1. The molecule has 5 heteroatoms. The SMILES string of the molecule is C=CCO/N=C(/CC)C1C(=O)CC(c2c(C)cc3c(c2C)C(=O)CC3)CC1=O. The maximum atomic E-state index is 12.9. The summed E-state index contributed by atoms with van der Waals surface area (Å²) in [7, 11) is 0. The van der Waals surface area contributed by atoms with Crippen LogP contribution >= 0.6 is 0 Å². The molecule has 0 bridgehead atoms. The molecule has 0 N–H and O–H groups in total. The van der Waals surface area contributed by atoms with E-state index in [0.29, 0.717) is 18.6 Å². The predicted molar refractivity (Wildman–Crippen MR) is 108 cm³/mol. The van der Waals surface area contributed by atoms with Crippen LogP contribution in [0.4, 0.5) is 0 Å². The lowest BCUT2D eigenvalue weighted by atomic mass is 9.72. The Morgan fingerprint density at radius 2 is 1.89 bits per heavy atom. The zero-order valence-corrected chi connectivity index (χ0v) is 16.8. The maximum absolute atomic E-state index is 12.9. The van der Waals surface area contributed by atoms with Gasteiger partial charge in [-0.1, -0.05) is 30.8 Å². The molecule has 0 heterocycles. The number of nitrogens with zero attached hydrogens (tertiary/aromatic N) is 1. The van der Waals surface area contributed by atoms with Crippen LogP contribution < -0.4 is 0 Å². The second-order valence-electron chi connectivity index (χ2n) is 7.68. The fourth-order valence-electron chi connectivity index (χ4n) is 4.71. The average Bonchev–Trinajstić information content (AvgIpc) is 3.00. The summed E-state index contributed by atoms with van der Waals surface area (Å²) in [6, 6.07) is 2.06. The van der Waals surface area contributed by atoms with Crippen LogP contribution in [-0.2, 0) is 20.8 Å². The standard InChI is InChI=1S/C23H27NO4/c1-5-9-28-24-17(6-2)23-19(26)11-16(12-20(23)27)21-13(3)10-15-7-8-18(25)22(15)14(21)4/h5,10,16,23H,1,6-9,11-12H2,2-4H3/b24-17-. The van der Waals surface area contributed by atoms with Crippen molar-refractivity contribution in [3.8, 4) is 0 Å². The first-order valence-electron chi connectivity index (χ1n) is 9.90. The number of rotatable bonds is 6. The molecular formula is C23H27NO4. The number of carbonyl (C=O) groups is 3. The smallest absolute Gasteiger partial charge is 0.163 e. The van der Waals surface area contributed by atoms with Crippen LogP contribution in [0.5, 0.6) is 0 Å². The Bertz CT molecular complexity index is 863. The van der Waals surface area contributed by atoms with Crippen LogP contribution in [0.2, 0.25) is 0 Å². The zero-order chi connectivity index (χ0) is 20.4. The summed E-state index contributed by atoms with van der Waals surface area (Å²) in [6.45, 7) is 9.63. The van der Waals surface area contributed by atoms with Crippen molar-refractivity contribution >= 4 is 23.1 Å². The van der Waals surface area contributed by atoms with Gasteiger partial charge >= 0.3 is 0 Å². The van der Waals surface area contributed by atoms with Crippen molar-refractivity contribution in [2.24, 2.45) is 11.1 Å². The number of Topliss-reactive ketones (excluding diaryl/α,β-unsaturated/α-hetero) is 3. The van der Waals surface area contributed by atoms with E-state index in [-0.39, 0.29) is 42.7 Å². The van der Waals surface area contributed by atoms with E-state index in [4.69, 9.17) is 4.84 Å². The summed E-state index contributed by atoms with van der Waals surface area (Å²) in [5.41, 5.74) is 5.37. The minimum Gasteiger partial charge on any atom is -0.392 e. The summed E-state index contributed by atoms with van der Waals surface area (Å²) in [6.07, 6.45) is 3.94. The zero-order valence-electron chi connectivity index (χ0n) is 16.8. The van der Waals surface area contributed by atoms with Gasteiger partial charge < -0.3 is 4.84 Å². The Morgan fingerprint density at radius 1 is 1.21 bits per heavy atom. The van der Waals surface area contributed by atoms with Crippen LogP contribution in [0.25, 0.3) is 0 Å². The molecule has 0 amide bonds. The predicted octanol–water partition coefficient (Wildman–Crippen LogP) is 4.03. The second-order valence-corrected chi connectivity index (χ2v) is 7.68. The molecule has 3 rings (SSSR count). The van der Waals surface area contributed by atoms with Gasteiger partial charge in [-0.25, -0.2) is 0 Å². The van der Waals surface area contributed by atoms with Crippen molar-refractivity contribution in [1.29, 1.82) is 0 Å². The van der Waals surface area contributed by atoms with E-state index in [1.165, 1.54) is 0 Å². The molecule has 0 radical (unpaired) electrons. The lowest BCUT2D eigenvalue weighted by Gasteiger charge is -2.29. The average molecular weight is 381 g/mol. The first-order chi connectivity index (χ1) is 13.4. The molecular weight excluding hydrogens is 354 g/mol. The number of hydrogen-bond acceptors (Lipinski definition) is 5. The highest BCUT2D eigenvalue weighted by Gasteiger charge is 2.40. The molecule has 2 aliphatic carbocycles. The summed E-state index contributed by atoms with van der Waals surface area (Å²) < 4.78 is 0. The molecule has 0 aliphatic heterocycles. The molecule has 1 aromatic carbocycles. The van der Waals surface area contributed by atoms with Crippen molar-refractivity contribution in [2.45, 2.75) is 58.8 Å².